The molecule has 0 radical (unpaired) electrons. The first-order valence-electron chi connectivity index (χ1n) is 7.01. The Morgan fingerprint density at radius 1 is 1.10 bits per heavy atom. The summed E-state index contributed by atoms with van der Waals surface area (Å²) in [6.07, 6.45) is 0. The van der Waals surface area contributed by atoms with Crippen LogP contribution in [0.1, 0.15) is 33.0 Å². The average molecular weight is 284 g/mol. The van der Waals surface area contributed by atoms with E-state index >= 15 is 0 Å². The quantitative estimate of drug-likeness (QED) is 0.857. The Kier molecular flexibility index (Phi) is 5.12. The fraction of sp³-hybridized carbons (Fsp3) is 0.278. The predicted molar refractivity (Wildman–Crippen MR) is 82.5 cm³/mol. The molecule has 0 aliphatic heterocycles. The van der Waals surface area contributed by atoms with Crippen LogP contribution < -0.4 is 0 Å². The van der Waals surface area contributed by atoms with Crippen molar-refractivity contribution >= 4 is 5.97 Å². The standard InChI is InChI=1S/C18H20O3/c1-13-8-14(2)10-16(9-13)18(20)21-12-17(11-19)15-6-4-3-5-7-15/h3-10,17,19H,11-12H2,1-2H3. The number of hydrogen-bond donors (Lipinski definition) is 1. The van der Waals surface area contributed by atoms with Crippen LogP contribution in [0.5, 0.6) is 0 Å². The van der Waals surface area contributed by atoms with E-state index in [0.717, 1.165) is 16.7 Å². The molecule has 1 N–H and O–H groups in total. The molecule has 0 aliphatic rings. The van der Waals surface area contributed by atoms with Gasteiger partial charge in [0.2, 0.25) is 0 Å². The molecule has 2 aromatic carbocycles. The topological polar surface area (TPSA) is 46.5 Å². The van der Waals surface area contributed by atoms with E-state index in [1.807, 2.05) is 62.4 Å². The van der Waals surface area contributed by atoms with Crippen LogP contribution in [-0.2, 0) is 4.74 Å². The van der Waals surface area contributed by atoms with Gasteiger partial charge >= 0.3 is 5.97 Å². The van der Waals surface area contributed by atoms with Crippen LogP contribution in [0.3, 0.4) is 0 Å². The number of benzene rings is 2. The van der Waals surface area contributed by atoms with Gasteiger partial charge in [-0.15, -0.1) is 0 Å². The highest BCUT2D eigenvalue weighted by atomic mass is 16.5. The zero-order chi connectivity index (χ0) is 15.2. The first-order valence-corrected chi connectivity index (χ1v) is 7.01. The lowest BCUT2D eigenvalue weighted by Gasteiger charge is -2.15. The number of carbonyl (C=O) groups excluding carboxylic acids is 1. The molecule has 0 saturated carbocycles. The lowest BCUT2D eigenvalue weighted by atomic mass is 10.0. The Morgan fingerprint density at radius 2 is 1.71 bits per heavy atom. The molecule has 2 aromatic rings. The van der Waals surface area contributed by atoms with E-state index in [9.17, 15) is 9.90 Å². The third-order valence-electron chi connectivity index (χ3n) is 3.36. The number of esters is 1. The number of hydrogen-bond acceptors (Lipinski definition) is 3. The molecule has 0 aromatic heterocycles. The minimum absolute atomic E-state index is 0.0514. The van der Waals surface area contributed by atoms with Crippen LogP contribution in [0.4, 0.5) is 0 Å². The number of carbonyl (C=O) groups is 1. The van der Waals surface area contributed by atoms with Crippen molar-refractivity contribution < 1.29 is 14.6 Å². The van der Waals surface area contributed by atoms with Crippen molar-refractivity contribution in [2.45, 2.75) is 19.8 Å². The summed E-state index contributed by atoms with van der Waals surface area (Å²) in [5.41, 5.74) is 3.58. The van der Waals surface area contributed by atoms with Crippen molar-refractivity contribution in [3.63, 3.8) is 0 Å². The maximum atomic E-state index is 12.1. The Bertz CT molecular complexity index is 585. The average Bonchev–Trinajstić information content (AvgIpc) is 2.47. The van der Waals surface area contributed by atoms with E-state index in [4.69, 9.17) is 4.74 Å². The molecular weight excluding hydrogens is 264 g/mol. The van der Waals surface area contributed by atoms with Crippen molar-refractivity contribution in [2.24, 2.45) is 0 Å². The van der Waals surface area contributed by atoms with Crippen LogP contribution in [0.15, 0.2) is 48.5 Å². The fourth-order valence-electron chi connectivity index (χ4n) is 2.33. The molecular formula is C18H20O3. The number of aliphatic hydroxyl groups excluding tert-OH is 1. The maximum absolute atomic E-state index is 12.1. The second kappa shape index (κ2) is 7.04. The zero-order valence-electron chi connectivity index (χ0n) is 12.4. The van der Waals surface area contributed by atoms with Crippen molar-refractivity contribution in [2.75, 3.05) is 13.2 Å². The van der Waals surface area contributed by atoms with Crippen molar-refractivity contribution in [3.8, 4) is 0 Å². The Hall–Kier alpha value is -2.13. The van der Waals surface area contributed by atoms with Gasteiger partial charge in [0.05, 0.1) is 12.2 Å². The number of aryl methyl sites for hydroxylation is 2. The largest absolute Gasteiger partial charge is 0.461 e. The van der Waals surface area contributed by atoms with Gasteiger partial charge in [-0.25, -0.2) is 4.79 Å². The molecule has 2 rings (SSSR count). The van der Waals surface area contributed by atoms with Crippen LogP contribution in [0, 0.1) is 13.8 Å². The molecule has 0 spiro atoms. The van der Waals surface area contributed by atoms with Crippen LogP contribution >= 0.6 is 0 Å². The molecule has 110 valence electrons. The van der Waals surface area contributed by atoms with Crippen molar-refractivity contribution in [3.05, 3.63) is 70.8 Å². The lowest BCUT2D eigenvalue weighted by Crippen LogP contribution is -2.16. The zero-order valence-corrected chi connectivity index (χ0v) is 12.4. The van der Waals surface area contributed by atoms with Gasteiger partial charge in [0.15, 0.2) is 0 Å². The molecule has 0 heterocycles. The molecule has 0 bridgehead atoms. The van der Waals surface area contributed by atoms with Gasteiger partial charge < -0.3 is 9.84 Å². The maximum Gasteiger partial charge on any atom is 0.338 e. The first kappa shape index (κ1) is 15.3. The summed E-state index contributed by atoms with van der Waals surface area (Å²) in [5.74, 6) is -0.544. The van der Waals surface area contributed by atoms with E-state index in [0.29, 0.717) is 5.56 Å². The highest BCUT2D eigenvalue weighted by molar-refractivity contribution is 5.89. The SMILES string of the molecule is Cc1cc(C)cc(C(=O)OCC(CO)c2ccccc2)c1. The lowest BCUT2D eigenvalue weighted by molar-refractivity contribution is 0.0450. The van der Waals surface area contributed by atoms with Crippen LogP contribution in [0.25, 0.3) is 0 Å². The smallest absolute Gasteiger partial charge is 0.338 e. The summed E-state index contributed by atoms with van der Waals surface area (Å²) >= 11 is 0. The molecule has 1 unspecified atom stereocenters. The number of aliphatic hydroxyl groups is 1. The molecule has 0 fully saturated rings. The summed E-state index contributed by atoms with van der Waals surface area (Å²) in [6.45, 7) is 4.02. The molecule has 3 heteroatoms. The predicted octanol–water partition coefficient (Wildman–Crippen LogP) is 3.24. The van der Waals surface area contributed by atoms with Crippen LogP contribution in [0.2, 0.25) is 0 Å². The minimum Gasteiger partial charge on any atom is -0.461 e. The summed E-state index contributed by atoms with van der Waals surface area (Å²) in [6, 6.07) is 15.2. The van der Waals surface area contributed by atoms with Gasteiger partial charge in [0, 0.05) is 5.92 Å². The van der Waals surface area contributed by atoms with E-state index in [-0.39, 0.29) is 25.1 Å². The normalized spacial score (nSPS) is 12.0. The summed E-state index contributed by atoms with van der Waals surface area (Å²) in [7, 11) is 0. The van der Waals surface area contributed by atoms with Gasteiger partial charge in [0.25, 0.3) is 0 Å². The molecule has 3 nitrogen and oxygen atoms in total. The van der Waals surface area contributed by atoms with Gasteiger partial charge in [-0.2, -0.15) is 0 Å². The Labute approximate surface area is 125 Å². The van der Waals surface area contributed by atoms with Crippen molar-refractivity contribution in [1.82, 2.24) is 0 Å². The molecule has 0 aliphatic carbocycles. The summed E-state index contributed by atoms with van der Waals surface area (Å²) < 4.78 is 5.35. The first-order chi connectivity index (χ1) is 10.1. The van der Waals surface area contributed by atoms with E-state index in [1.165, 1.54) is 0 Å². The van der Waals surface area contributed by atoms with Gasteiger partial charge in [-0.3, -0.25) is 0 Å². The highest BCUT2D eigenvalue weighted by Crippen LogP contribution is 2.17. The molecule has 1 atom stereocenters. The highest BCUT2D eigenvalue weighted by Gasteiger charge is 2.14. The Balaban J connectivity index is 2.02. The van der Waals surface area contributed by atoms with Gasteiger partial charge in [0.1, 0.15) is 6.61 Å². The number of rotatable bonds is 5. The van der Waals surface area contributed by atoms with E-state index in [2.05, 4.69) is 0 Å². The van der Waals surface area contributed by atoms with Gasteiger partial charge in [-0.05, 0) is 31.5 Å². The monoisotopic (exact) mass is 284 g/mol. The van der Waals surface area contributed by atoms with Gasteiger partial charge in [-0.1, -0.05) is 47.5 Å². The molecule has 0 amide bonds. The van der Waals surface area contributed by atoms with Crippen molar-refractivity contribution in [1.29, 1.82) is 0 Å². The molecule has 0 saturated heterocycles. The second-order valence-electron chi connectivity index (χ2n) is 5.27. The second-order valence-corrected chi connectivity index (χ2v) is 5.27. The fourth-order valence-corrected chi connectivity index (χ4v) is 2.33. The minimum atomic E-state index is -0.351. The van der Waals surface area contributed by atoms with E-state index in [1.54, 1.807) is 0 Å². The Morgan fingerprint density at radius 3 is 2.29 bits per heavy atom. The summed E-state index contributed by atoms with van der Waals surface area (Å²) in [4.78, 5) is 12.1. The van der Waals surface area contributed by atoms with Crippen LogP contribution in [-0.4, -0.2) is 24.3 Å². The number of ether oxygens (including phenoxy) is 1. The molecule has 21 heavy (non-hydrogen) atoms. The third-order valence-corrected chi connectivity index (χ3v) is 3.36. The summed E-state index contributed by atoms with van der Waals surface area (Å²) in [5, 5.41) is 9.46. The third kappa shape index (κ3) is 4.17. The van der Waals surface area contributed by atoms with E-state index < -0.39 is 0 Å².